The summed E-state index contributed by atoms with van der Waals surface area (Å²) in [5, 5.41) is 7.04. The minimum absolute atomic E-state index is 0.175. The van der Waals surface area contributed by atoms with E-state index in [1.54, 1.807) is 23.9 Å². The molecule has 3 aromatic rings. The Labute approximate surface area is 189 Å². The van der Waals surface area contributed by atoms with Crippen LogP contribution in [0, 0.1) is 13.8 Å². The third-order valence-corrected chi connectivity index (χ3v) is 6.53. The van der Waals surface area contributed by atoms with E-state index in [4.69, 9.17) is 0 Å². The van der Waals surface area contributed by atoms with E-state index in [0.29, 0.717) is 23.0 Å². The van der Waals surface area contributed by atoms with Crippen LogP contribution in [0.4, 0.5) is 0 Å². The SMILES string of the molecule is CSCCC(NC(=O)c1ccccc1Br)C(=O)NCc1ccc2[nH]c(C)c(C)c2c1. The molecule has 1 unspecified atom stereocenters. The fourth-order valence-electron chi connectivity index (χ4n) is 3.32. The van der Waals surface area contributed by atoms with Crippen LogP contribution < -0.4 is 10.6 Å². The van der Waals surface area contributed by atoms with Crippen LogP contribution in [0.3, 0.4) is 0 Å². The minimum atomic E-state index is -0.586. The largest absolute Gasteiger partial charge is 0.358 e. The number of rotatable bonds is 8. The molecule has 3 N–H and O–H groups in total. The van der Waals surface area contributed by atoms with Crippen molar-refractivity contribution in [1.29, 1.82) is 0 Å². The van der Waals surface area contributed by atoms with Gasteiger partial charge in [0.2, 0.25) is 5.91 Å². The summed E-state index contributed by atoms with van der Waals surface area (Å²) >= 11 is 5.05. The van der Waals surface area contributed by atoms with Crippen LogP contribution in [-0.2, 0) is 11.3 Å². The highest BCUT2D eigenvalue weighted by Crippen LogP contribution is 2.22. The van der Waals surface area contributed by atoms with Gasteiger partial charge in [-0.05, 0) is 83.6 Å². The number of halogens is 1. The van der Waals surface area contributed by atoms with Crippen molar-refractivity contribution in [2.45, 2.75) is 32.9 Å². The number of nitrogens with one attached hydrogen (secondary N) is 3. The van der Waals surface area contributed by atoms with E-state index < -0.39 is 6.04 Å². The predicted molar refractivity (Wildman–Crippen MR) is 128 cm³/mol. The summed E-state index contributed by atoms with van der Waals surface area (Å²) in [7, 11) is 0. The van der Waals surface area contributed by atoms with Gasteiger partial charge in [-0.1, -0.05) is 18.2 Å². The maximum atomic E-state index is 12.9. The molecule has 0 aliphatic rings. The van der Waals surface area contributed by atoms with Crippen LogP contribution >= 0.6 is 27.7 Å². The summed E-state index contributed by atoms with van der Waals surface area (Å²) in [4.78, 5) is 28.9. The zero-order valence-corrected chi connectivity index (χ0v) is 19.7. The number of carbonyl (C=O) groups excluding carboxylic acids is 2. The molecule has 2 amide bonds. The summed E-state index contributed by atoms with van der Waals surface area (Å²) in [6.45, 7) is 4.56. The van der Waals surface area contributed by atoms with Crippen molar-refractivity contribution >= 4 is 50.4 Å². The molecule has 0 bridgehead atoms. The number of carbonyl (C=O) groups is 2. The predicted octanol–water partition coefficient (Wildman–Crippen LogP) is 4.72. The summed E-state index contributed by atoms with van der Waals surface area (Å²) in [6, 6.07) is 12.8. The molecule has 0 spiro atoms. The molecular weight excluding hydrogens is 462 g/mol. The zero-order valence-electron chi connectivity index (χ0n) is 17.3. The highest BCUT2D eigenvalue weighted by atomic mass is 79.9. The second-order valence-electron chi connectivity index (χ2n) is 7.26. The maximum Gasteiger partial charge on any atom is 0.253 e. The number of fused-ring (bicyclic) bond motifs is 1. The molecule has 30 heavy (non-hydrogen) atoms. The monoisotopic (exact) mass is 487 g/mol. The molecule has 7 heteroatoms. The van der Waals surface area contributed by atoms with E-state index in [9.17, 15) is 9.59 Å². The molecule has 1 heterocycles. The Morgan fingerprint density at radius 2 is 1.93 bits per heavy atom. The molecule has 1 aromatic heterocycles. The molecule has 0 saturated heterocycles. The molecule has 1 atom stereocenters. The molecule has 0 radical (unpaired) electrons. The van der Waals surface area contributed by atoms with E-state index in [1.165, 1.54) is 10.9 Å². The van der Waals surface area contributed by atoms with Crippen molar-refractivity contribution in [2.75, 3.05) is 12.0 Å². The second-order valence-corrected chi connectivity index (χ2v) is 9.10. The number of benzene rings is 2. The number of hydrogen-bond acceptors (Lipinski definition) is 3. The molecule has 0 aliphatic heterocycles. The number of amides is 2. The molecular formula is C23H26BrN3O2S. The average Bonchev–Trinajstić information content (AvgIpc) is 3.02. The van der Waals surface area contributed by atoms with E-state index >= 15 is 0 Å². The van der Waals surface area contributed by atoms with Crippen molar-refractivity contribution in [2.24, 2.45) is 0 Å². The van der Waals surface area contributed by atoms with Crippen LogP contribution in [0.2, 0.25) is 0 Å². The summed E-state index contributed by atoms with van der Waals surface area (Å²) in [5.74, 6) is 0.345. The second kappa shape index (κ2) is 10.2. The molecule has 0 aliphatic carbocycles. The minimum Gasteiger partial charge on any atom is -0.358 e. The normalized spacial score (nSPS) is 12.0. The Morgan fingerprint density at radius 3 is 2.67 bits per heavy atom. The van der Waals surface area contributed by atoms with Gasteiger partial charge in [-0.25, -0.2) is 0 Å². The first kappa shape index (κ1) is 22.4. The lowest BCUT2D eigenvalue weighted by molar-refractivity contribution is -0.123. The fourth-order valence-corrected chi connectivity index (χ4v) is 4.25. The van der Waals surface area contributed by atoms with Crippen molar-refractivity contribution < 1.29 is 9.59 Å². The van der Waals surface area contributed by atoms with Gasteiger partial charge in [0.25, 0.3) is 5.91 Å². The van der Waals surface area contributed by atoms with Crippen LogP contribution in [0.25, 0.3) is 10.9 Å². The van der Waals surface area contributed by atoms with Gasteiger partial charge in [0.05, 0.1) is 5.56 Å². The number of aryl methyl sites for hydroxylation is 2. The highest BCUT2D eigenvalue weighted by molar-refractivity contribution is 9.10. The van der Waals surface area contributed by atoms with Crippen LogP contribution in [0.1, 0.15) is 33.6 Å². The maximum absolute atomic E-state index is 12.9. The summed E-state index contributed by atoms with van der Waals surface area (Å²) < 4.78 is 0.706. The zero-order chi connectivity index (χ0) is 21.7. The first-order valence-electron chi connectivity index (χ1n) is 9.80. The lowest BCUT2D eigenvalue weighted by Crippen LogP contribution is -2.47. The van der Waals surface area contributed by atoms with Crippen LogP contribution in [0.15, 0.2) is 46.9 Å². The first-order valence-corrected chi connectivity index (χ1v) is 12.0. The molecule has 0 saturated carbocycles. The lowest BCUT2D eigenvalue weighted by atomic mass is 10.1. The van der Waals surface area contributed by atoms with E-state index in [1.807, 2.05) is 30.5 Å². The molecule has 2 aromatic carbocycles. The number of H-pyrrole nitrogens is 1. The Bertz CT molecular complexity index is 1060. The molecule has 3 rings (SSSR count). The summed E-state index contributed by atoms with van der Waals surface area (Å²) in [5.41, 5.74) is 5.01. The number of thioether (sulfide) groups is 1. The van der Waals surface area contributed by atoms with Gasteiger partial charge in [0.15, 0.2) is 0 Å². The number of aromatic amines is 1. The lowest BCUT2D eigenvalue weighted by Gasteiger charge is -2.19. The van der Waals surface area contributed by atoms with Crippen LogP contribution in [-0.4, -0.2) is 34.8 Å². The fraction of sp³-hybridized carbons (Fsp3) is 0.304. The van der Waals surface area contributed by atoms with Crippen molar-refractivity contribution in [3.8, 4) is 0 Å². The van der Waals surface area contributed by atoms with E-state index in [-0.39, 0.29) is 11.8 Å². The van der Waals surface area contributed by atoms with E-state index in [2.05, 4.69) is 51.5 Å². The average molecular weight is 488 g/mol. The number of aromatic nitrogens is 1. The third-order valence-electron chi connectivity index (χ3n) is 5.19. The van der Waals surface area contributed by atoms with Gasteiger partial charge < -0.3 is 15.6 Å². The Hall–Kier alpha value is -2.25. The topological polar surface area (TPSA) is 74.0 Å². The summed E-state index contributed by atoms with van der Waals surface area (Å²) in [6.07, 6.45) is 2.55. The van der Waals surface area contributed by atoms with E-state index in [0.717, 1.165) is 22.5 Å². The van der Waals surface area contributed by atoms with Gasteiger partial charge in [-0.15, -0.1) is 0 Å². The Kier molecular flexibility index (Phi) is 7.61. The standard InChI is InChI=1S/C23H26BrN3O2S/c1-14-15(2)26-20-9-8-16(12-18(14)20)13-25-23(29)21(10-11-30-3)27-22(28)17-6-4-5-7-19(17)24/h4-9,12,21,26H,10-11,13H2,1-3H3,(H,25,29)(H,27,28). The van der Waals surface area contributed by atoms with Crippen molar-refractivity contribution in [1.82, 2.24) is 15.6 Å². The van der Waals surface area contributed by atoms with Gasteiger partial charge in [-0.3, -0.25) is 9.59 Å². The molecule has 5 nitrogen and oxygen atoms in total. The third kappa shape index (κ3) is 5.26. The Morgan fingerprint density at radius 1 is 1.17 bits per heavy atom. The number of hydrogen-bond donors (Lipinski definition) is 3. The smallest absolute Gasteiger partial charge is 0.253 e. The first-order chi connectivity index (χ1) is 14.4. The van der Waals surface area contributed by atoms with Crippen molar-refractivity contribution in [3.63, 3.8) is 0 Å². The van der Waals surface area contributed by atoms with Crippen LogP contribution in [0.5, 0.6) is 0 Å². The van der Waals surface area contributed by atoms with Gasteiger partial charge in [0, 0.05) is 27.6 Å². The van der Waals surface area contributed by atoms with Gasteiger partial charge >= 0.3 is 0 Å². The molecule has 0 fully saturated rings. The Balaban J connectivity index is 1.68. The molecule has 158 valence electrons. The highest BCUT2D eigenvalue weighted by Gasteiger charge is 2.22. The van der Waals surface area contributed by atoms with Gasteiger partial charge in [0.1, 0.15) is 6.04 Å². The van der Waals surface area contributed by atoms with Crippen molar-refractivity contribution in [3.05, 3.63) is 69.3 Å². The van der Waals surface area contributed by atoms with Gasteiger partial charge in [-0.2, -0.15) is 11.8 Å². The quantitative estimate of drug-likeness (QED) is 0.430.